The number of anilines is 1. The molecule has 2 heterocycles. The maximum atomic E-state index is 6.15. The predicted octanol–water partition coefficient (Wildman–Crippen LogP) is 3.52. The molecule has 2 aromatic heterocycles. The Balaban J connectivity index is 1.79. The quantitative estimate of drug-likeness (QED) is 0.808. The van der Waals surface area contributed by atoms with Gasteiger partial charge in [-0.15, -0.1) is 0 Å². The molecule has 6 heteroatoms. The zero-order valence-electron chi connectivity index (χ0n) is 11.8. The van der Waals surface area contributed by atoms with Crippen LogP contribution >= 0.6 is 22.6 Å². The van der Waals surface area contributed by atoms with Gasteiger partial charge in [-0.05, 0) is 48.3 Å². The standard InChI is InChI=1S/C15H18IN5/c16-12-13(9-3-1-2-4-9)19-15(20-14(12)17)11-7-18-8-21(11)10-5-6-10/h7-10H,1-6H2,(H2,17,19,20). The van der Waals surface area contributed by atoms with Crippen LogP contribution in [0.15, 0.2) is 12.5 Å². The molecule has 5 nitrogen and oxygen atoms in total. The van der Waals surface area contributed by atoms with Gasteiger partial charge in [0.2, 0.25) is 0 Å². The molecule has 0 saturated heterocycles. The first-order valence-electron chi connectivity index (χ1n) is 7.59. The minimum absolute atomic E-state index is 0.540. The number of hydrogen-bond acceptors (Lipinski definition) is 4. The first kappa shape index (κ1) is 13.5. The molecule has 0 bridgehead atoms. The van der Waals surface area contributed by atoms with Crippen molar-refractivity contribution < 1.29 is 0 Å². The highest BCUT2D eigenvalue weighted by Crippen LogP contribution is 2.40. The summed E-state index contributed by atoms with van der Waals surface area (Å²) in [6.07, 6.45) is 11.2. The molecule has 4 rings (SSSR count). The van der Waals surface area contributed by atoms with E-state index in [-0.39, 0.29) is 0 Å². The molecule has 2 aliphatic carbocycles. The molecule has 2 aromatic rings. The number of nitrogens with zero attached hydrogens (tertiary/aromatic N) is 4. The van der Waals surface area contributed by atoms with E-state index in [1.165, 1.54) is 38.5 Å². The molecule has 2 aliphatic rings. The summed E-state index contributed by atoms with van der Waals surface area (Å²) >= 11 is 2.29. The van der Waals surface area contributed by atoms with Crippen molar-refractivity contribution in [2.24, 2.45) is 0 Å². The van der Waals surface area contributed by atoms with Crippen molar-refractivity contribution in [1.82, 2.24) is 19.5 Å². The molecule has 2 saturated carbocycles. The lowest BCUT2D eigenvalue weighted by Crippen LogP contribution is -2.09. The lowest BCUT2D eigenvalue weighted by Gasteiger charge is -2.14. The summed E-state index contributed by atoms with van der Waals surface area (Å²) in [6.45, 7) is 0. The van der Waals surface area contributed by atoms with Crippen LogP contribution in [0.25, 0.3) is 11.5 Å². The monoisotopic (exact) mass is 395 g/mol. The second-order valence-corrected chi connectivity index (χ2v) is 7.11. The van der Waals surface area contributed by atoms with E-state index in [1.54, 1.807) is 0 Å². The molecule has 21 heavy (non-hydrogen) atoms. The maximum Gasteiger partial charge on any atom is 0.180 e. The lowest BCUT2D eigenvalue weighted by atomic mass is 10.0. The van der Waals surface area contributed by atoms with E-state index in [9.17, 15) is 0 Å². The topological polar surface area (TPSA) is 69.6 Å². The highest BCUT2D eigenvalue weighted by Gasteiger charge is 2.28. The van der Waals surface area contributed by atoms with Gasteiger partial charge in [-0.25, -0.2) is 15.0 Å². The van der Waals surface area contributed by atoms with Crippen molar-refractivity contribution in [3.05, 3.63) is 21.8 Å². The van der Waals surface area contributed by atoms with Crippen molar-refractivity contribution in [2.75, 3.05) is 5.73 Å². The fourth-order valence-electron chi connectivity index (χ4n) is 3.19. The van der Waals surface area contributed by atoms with E-state index >= 15 is 0 Å². The van der Waals surface area contributed by atoms with E-state index in [0.717, 1.165) is 20.8 Å². The third-order valence-electron chi connectivity index (χ3n) is 4.48. The fourth-order valence-corrected chi connectivity index (χ4v) is 3.87. The number of halogens is 1. The molecule has 0 radical (unpaired) electrons. The molecule has 0 atom stereocenters. The van der Waals surface area contributed by atoms with Crippen LogP contribution in [0.1, 0.15) is 56.2 Å². The molecule has 0 spiro atoms. The van der Waals surface area contributed by atoms with Crippen LogP contribution in [0, 0.1) is 3.57 Å². The normalized spacial score (nSPS) is 19.3. The Hall–Kier alpha value is -1.18. The second kappa shape index (κ2) is 5.23. The van der Waals surface area contributed by atoms with E-state index in [2.05, 4.69) is 37.1 Å². The smallest absolute Gasteiger partial charge is 0.180 e. The zero-order chi connectivity index (χ0) is 14.4. The van der Waals surface area contributed by atoms with Crippen LogP contribution in [-0.4, -0.2) is 19.5 Å². The molecule has 2 fully saturated rings. The van der Waals surface area contributed by atoms with Crippen LogP contribution in [-0.2, 0) is 0 Å². The maximum absolute atomic E-state index is 6.15. The third kappa shape index (κ3) is 2.43. The van der Waals surface area contributed by atoms with E-state index in [1.807, 2.05) is 12.5 Å². The average Bonchev–Trinajstić information content (AvgIpc) is 3.01. The Kier molecular flexibility index (Phi) is 3.35. The van der Waals surface area contributed by atoms with Gasteiger partial charge in [-0.1, -0.05) is 12.8 Å². The summed E-state index contributed by atoms with van der Waals surface area (Å²) in [5.41, 5.74) is 8.29. The summed E-state index contributed by atoms with van der Waals surface area (Å²) in [7, 11) is 0. The summed E-state index contributed by atoms with van der Waals surface area (Å²) in [5, 5.41) is 0. The van der Waals surface area contributed by atoms with E-state index in [4.69, 9.17) is 10.7 Å². The summed E-state index contributed by atoms with van der Waals surface area (Å²) in [4.78, 5) is 13.7. The third-order valence-corrected chi connectivity index (χ3v) is 5.59. The number of aromatic nitrogens is 4. The van der Waals surface area contributed by atoms with Gasteiger partial charge in [-0.3, -0.25) is 0 Å². The van der Waals surface area contributed by atoms with Crippen molar-refractivity contribution in [1.29, 1.82) is 0 Å². The minimum Gasteiger partial charge on any atom is -0.383 e. The number of hydrogen-bond donors (Lipinski definition) is 1. The van der Waals surface area contributed by atoms with Crippen LogP contribution < -0.4 is 5.73 Å². The number of nitrogens with two attached hydrogens (primary N) is 1. The van der Waals surface area contributed by atoms with E-state index < -0.39 is 0 Å². The molecule has 110 valence electrons. The van der Waals surface area contributed by atoms with Gasteiger partial charge >= 0.3 is 0 Å². The Morgan fingerprint density at radius 3 is 2.62 bits per heavy atom. The van der Waals surface area contributed by atoms with Crippen LogP contribution in [0.2, 0.25) is 0 Å². The van der Waals surface area contributed by atoms with Gasteiger partial charge in [0, 0.05) is 12.0 Å². The molecular formula is C15H18IN5. The first-order chi connectivity index (χ1) is 10.2. The second-order valence-electron chi connectivity index (χ2n) is 6.03. The van der Waals surface area contributed by atoms with Crippen molar-refractivity contribution in [3.63, 3.8) is 0 Å². The molecule has 0 unspecified atom stereocenters. The minimum atomic E-state index is 0.540. The van der Waals surface area contributed by atoms with Gasteiger partial charge in [-0.2, -0.15) is 0 Å². The Morgan fingerprint density at radius 1 is 1.14 bits per heavy atom. The van der Waals surface area contributed by atoms with Gasteiger partial charge < -0.3 is 10.3 Å². The lowest BCUT2D eigenvalue weighted by molar-refractivity contribution is 0.687. The Labute approximate surface area is 137 Å². The predicted molar refractivity (Wildman–Crippen MR) is 89.9 cm³/mol. The van der Waals surface area contributed by atoms with Crippen molar-refractivity contribution in [2.45, 2.75) is 50.5 Å². The largest absolute Gasteiger partial charge is 0.383 e. The molecule has 0 aliphatic heterocycles. The molecule has 0 aromatic carbocycles. The van der Waals surface area contributed by atoms with Crippen LogP contribution in [0.5, 0.6) is 0 Å². The summed E-state index contributed by atoms with van der Waals surface area (Å²) in [6, 6.07) is 0.571. The highest BCUT2D eigenvalue weighted by molar-refractivity contribution is 14.1. The van der Waals surface area contributed by atoms with Gasteiger partial charge in [0.15, 0.2) is 5.82 Å². The van der Waals surface area contributed by atoms with Crippen molar-refractivity contribution in [3.8, 4) is 11.5 Å². The highest BCUT2D eigenvalue weighted by atomic mass is 127. The summed E-state index contributed by atoms with van der Waals surface area (Å²) in [5.74, 6) is 1.88. The number of rotatable bonds is 3. The average molecular weight is 395 g/mol. The zero-order valence-corrected chi connectivity index (χ0v) is 14.0. The Bertz CT molecular complexity index is 671. The fraction of sp³-hybridized carbons (Fsp3) is 0.533. The Morgan fingerprint density at radius 2 is 1.90 bits per heavy atom. The SMILES string of the molecule is Nc1nc(-c2cncn2C2CC2)nc(C2CCCC2)c1I. The first-order valence-corrected chi connectivity index (χ1v) is 8.67. The number of nitrogen functional groups attached to an aromatic ring is 1. The molecule has 0 amide bonds. The summed E-state index contributed by atoms with van der Waals surface area (Å²) < 4.78 is 3.22. The van der Waals surface area contributed by atoms with Crippen molar-refractivity contribution >= 4 is 28.4 Å². The molecule has 2 N–H and O–H groups in total. The van der Waals surface area contributed by atoms with Crippen LogP contribution in [0.3, 0.4) is 0 Å². The van der Waals surface area contributed by atoms with Crippen LogP contribution in [0.4, 0.5) is 5.82 Å². The molecular weight excluding hydrogens is 377 g/mol. The van der Waals surface area contributed by atoms with E-state index in [0.29, 0.717) is 17.8 Å². The van der Waals surface area contributed by atoms with Gasteiger partial charge in [0.25, 0.3) is 0 Å². The van der Waals surface area contributed by atoms with Gasteiger partial charge in [0.1, 0.15) is 11.5 Å². The van der Waals surface area contributed by atoms with Gasteiger partial charge in [0.05, 0.1) is 21.8 Å². The number of imidazole rings is 1.